The lowest BCUT2D eigenvalue weighted by atomic mass is 9.82. The van der Waals surface area contributed by atoms with Gasteiger partial charge in [0, 0.05) is 16.9 Å². The van der Waals surface area contributed by atoms with E-state index in [9.17, 15) is 14.7 Å². The zero-order valence-electron chi connectivity index (χ0n) is 17.3. The lowest BCUT2D eigenvalue weighted by Crippen LogP contribution is -2.29. The minimum Gasteiger partial charge on any atom is -0.481 e. The molecule has 0 unspecified atom stereocenters. The van der Waals surface area contributed by atoms with E-state index in [2.05, 4.69) is 11.1 Å². The molecule has 1 N–H and O–H groups in total. The summed E-state index contributed by atoms with van der Waals surface area (Å²) in [6.45, 7) is 1.98. The maximum atomic E-state index is 13.0. The van der Waals surface area contributed by atoms with Crippen molar-refractivity contribution in [2.45, 2.75) is 19.3 Å². The Labute approximate surface area is 183 Å². The number of rotatable bonds is 3. The molecule has 2 aliphatic carbocycles. The van der Waals surface area contributed by atoms with Gasteiger partial charge in [0.25, 0.3) is 5.56 Å². The molecule has 2 bridgehead atoms. The Balaban J connectivity index is 1.67. The minimum absolute atomic E-state index is 0.0188. The van der Waals surface area contributed by atoms with Crippen LogP contribution in [0.25, 0.3) is 27.8 Å². The van der Waals surface area contributed by atoms with Gasteiger partial charge in [-0.3, -0.25) is 9.59 Å². The molecule has 0 saturated heterocycles. The van der Waals surface area contributed by atoms with Gasteiger partial charge in [0.15, 0.2) is 11.3 Å². The van der Waals surface area contributed by atoms with E-state index in [-0.39, 0.29) is 23.4 Å². The third-order valence-corrected chi connectivity index (χ3v) is 6.78. The van der Waals surface area contributed by atoms with Crippen LogP contribution in [0.5, 0.6) is 0 Å². The molecule has 1 saturated carbocycles. The van der Waals surface area contributed by atoms with Crippen LogP contribution in [0.15, 0.2) is 65.5 Å². The third-order valence-electron chi connectivity index (χ3n) is 6.78. The molecule has 32 heavy (non-hydrogen) atoms. The minimum atomic E-state index is -0.831. The lowest BCUT2D eigenvalue weighted by molar-refractivity contribution is -0.143. The number of aliphatic carboxylic acids is 1. The summed E-state index contributed by atoms with van der Waals surface area (Å²) < 4.78 is 1.61. The molecule has 0 aliphatic heterocycles. The highest BCUT2D eigenvalue weighted by molar-refractivity contribution is 5.91. The topological polar surface area (TPSA) is 97.5 Å². The maximum absolute atomic E-state index is 13.0. The van der Waals surface area contributed by atoms with Crippen molar-refractivity contribution in [2.75, 3.05) is 0 Å². The average molecular weight is 424 g/mol. The first-order valence-corrected chi connectivity index (χ1v) is 10.7. The van der Waals surface area contributed by atoms with E-state index in [0.717, 1.165) is 12.0 Å². The van der Waals surface area contributed by atoms with Gasteiger partial charge >= 0.3 is 5.97 Å². The molecule has 1 fully saturated rings. The molecule has 7 nitrogen and oxygen atoms in total. The van der Waals surface area contributed by atoms with Crippen molar-refractivity contribution < 1.29 is 9.90 Å². The number of benzene rings is 2. The zero-order valence-corrected chi connectivity index (χ0v) is 17.3. The monoisotopic (exact) mass is 424 g/mol. The number of fused-ring (bicyclic) bond motifs is 5. The predicted octanol–water partition coefficient (Wildman–Crippen LogP) is 3.60. The van der Waals surface area contributed by atoms with Gasteiger partial charge in [0.05, 0.1) is 11.4 Å². The van der Waals surface area contributed by atoms with Crippen LogP contribution in [-0.2, 0) is 4.79 Å². The Kier molecular flexibility index (Phi) is 4.02. The van der Waals surface area contributed by atoms with E-state index in [1.807, 2.05) is 61.5 Å². The Morgan fingerprint density at radius 2 is 1.78 bits per heavy atom. The Bertz CT molecular complexity index is 1490. The van der Waals surface area contributed by atoms with E-state index in [1.165, 1.54) is 0 Å². The molecule has 2 aromatic heterocycles. The summed E-state index contributed by atoms with van der Waals surface area (Å²) in [6.07, 6.45) is 4.89. The molecule has 158 valence electrons. The van der Waals surface area contributed by atoms with Crippen LogP contribution in [0, 0.1) is 24.7 Å². The first-order valence-electron chi connectivity index (χ1n) is 10.7. The Morgan fingerprint density at radius 1 is 1.03 bits per heavy atom. The van der Waals surface area contributed by atoms with Gasteiger partial charge in [-0.25, -0.2) is 4.98 Å². The van der Waals surface area contributed by atoms with Crippen LogP contribution in [0.1, 0.15) is 23.7 Å². The highest BCUT2D eigenvalue weighted by atomic mass is 16.4. The summed E-state index contributed by atoms with van der Waals surface area (Å²) in [5.41, 5.74) is 2.64. The number of carboxylic acid groups (broad SMARTS) is 1. The van der Waals surface area contributed by atoms with Crippen LogP contribution < -0.4 is 5.56 Å². The maximum Gasteiger partial charge on any atom is 0.307 e. The predicted molar refractivity (Wildman–Crippen MR) is 119 cm³/mol. The second kappa shape index (κ2) is 6.82. The van der Waals surface area contributed by atoms with Crippen molar-refractivity contribution >= 4 is 22.5 Å². The van der Waals surface area contributed by atoms with Crippen molar-refractivity contribution in [1.82, 2.24) is 19.6 Å². The van der Waals surface area contributed by atoms with E-state index in [1.54, 1.807) is 4.52 Å². The number of carboxylic acids is 1. The van der Waals surface area contributed by atoms with Crippen LogP contribution in [-0.4, -0.2) is 30.7 Å². The summed E-state index contributed by atoms with van der Waals surface area (Å²) in [5.74, 6) is -1.15. The number of allylic oxidation sites excluding steroid dienone is 2. The van der Waals surface area contributed by atoms with E-state index in [4.69, 9.17) is 10.1 Å². The number of nitrogens with zero attached hydrogens (tertiary/aromatic N) is 4. The number of hydrogen-bond donors (Lipinski definition) is 1. The molecule has 0 radical (unpaired) electrons. The molecule has 7 heteroatoms. The van der Waals surface area contributed by atoms with Crippen LogP contribution in [0.3, 0.4) is 0 Å². The van der Waals surface area contributed by atoms with Gasteiger partial charge in [-0.15, -0.1) is 0 Å². The molecule has 2 heterocycles. The molecular formula is C25H20N4O3. The van der Waals surface area contributed by atoms with Gasteiger partial charge in [0.1, 0.15) is 5.82 Å². The second-order valence-corrected chi connectivity index (χ2v) is 8.69. The second-order valence-electron chi connectivity index (χ2n) is 8.69. The molecule has 4 atom stereocenters. The summed E-state index contributed by atoms with van der Waals surface area (Å²) in [6, 6.07) is 15.0. The Morgan fingerprint density at radius 3 is 2.56 bits per heavy atom. The number of para-hydroxylation sites is 1. The fraction of sp³-hybridized carbons (Fsp3) is 0.240. The number of hydrogen-bond acceptors (Lipinski definition) is 5. The number of carbonyl (C=O) groups is 1. The lowest BCUT2D eigenvalue weighted by Gasteiger charge is -2.25. The van der Waals surface area contributed by atoms with Crippen LogP contribution >= 0.6 is 0 Å². The summed E-state index contributed by atoms with van der Waals surface area (Å²) in [5, 5.41) is 15.4. The van der Waals surface area contributed by atoms with E-state index in [0.29, 0.717) is 27.9 Å². The fourth-order valence-electron chi connectivity index (χ4n) is 5.27. The molecule has 2 aromatic carbocycles. The summed E-state index contributed by atoms with van der Waals surface area (Å²) in [4.78, 5) is 34.5. The SMILES string of the molecule is Cc1ccc(-c2nn3c([C@@H]4[C@H](C(=O)O)[C@H]5C=C[C@H]4C5)nc4ccccc4c3nc2=O)cc1. The number of aromatic nitrogens is 4. The van der Waals surface area contributed by atoms with E-state index < -0.39 is 17.4 Å². The molecule has 0 amide bonds. The molecule has 6 rings (SSSR count). The van der Waals surface area contributed by atoms with Crippen molar-refractivity contribution in [3.63, 3.8) is 0 Å². The molecule has 4 aromatic rings. The Hall–Kier alpha value is -3.87. The quantitative estimate of drug-likeness (QED) is 0.399. The van der Waals surface area contributed by atoms with Gasteiger partial charge in [0.2, 0.25) is 0 Å². The van der Waals surface area contributed by atoms with E-state index >= 15 is 0 Å². The zero-order chi connectivity index (χ0) is 22.0. The molecule has 2 aliphatic rings. The smallest absolute Gasteiger partial charge is 0.307 e. The fourth-order valence-corrected chi connectivity index (χ4v) is 5.27. The van der Waals surface area contributed by atoms with Gasteiger partial charge in [-0.05, 0) is 37.3 Å². The van der Waals surface area contributed by atoms with Crippen molar-refractivity contribution in [1.29, 1.82) is 0 Å². The van der Waals surface area contributed by atoms with Gasteiger partial charge in [-0.2, -0.15) is 14.6 Å². The van der Waals surface area contributed by atoms with Gasteiger partial charge < -0.3 is 5.11 Å². The normalized spacial score (nSPS) is 23.9. The highest BCUT2D eigenvalue weighted by Crippen LogP contribution is 2.52. The third kappa shape index (κ3) is 2.70. The molecule has 0 spiro atoms. The van der Waals surface area contributed by atoms with Crippen LogP contribution in [0.2, 0.25) is 0 Å². The summed E-state index contributed by atoms with van der Waals surface area (Å²) in [7, 11) is 0. The average Bonchev–Trinajstić information content (AvgIpc) is 3.41. The standard InChI is InChI=1S/C25H20N4O3/c1-13-6-8-14(9-7-13)21-24(30)27-22-17-4-2-3-5-18(17)26-23(29(22)28-21)19-15-10-11-16(12-15)20(19)25(31)32/h2-11,15-16,19-20H,12H2,1H3,(H,31,32)/t15-,16-,19-,20+/m0/s1. The number of aryl methyl sites for hydroxylation is 1. The van der Waals surface area contributed by atoms with Gasteiger partial charge in [-0.1, -0.05) is 54.1 Å². The highest BCUT2D eigenvalue weighted by Gasteiger charge is 2.50. The first-order chi connectivity index (χ1) is 15.5. The van der Waals surface area contributed by atoms with Crippen molar-refractivity contribution in [3.05, 3.63) is 82.4 Å². The van der Waals surface area contributed by atoms with Crippen molar-refractivity contribution in [2.24, 2.45) is 17.8 Å². The van der Waals surface area contributed by atoms with Crippen LogP contribution in [0.4, 0.5) is 0 Å². The first kappa shape index (κ1) is 18.9. The summed E-state index contributed by atoms with van der Waals surface area (Å²) >= 11 is 0. The van der Waals surface area contributed by atoms with Crippen molar-refractivity contribution in [3.8, 4) is 11.3 Å². The molecular weight excluding hydrogens is 404 g/mol. The largest absolute Gasteiger partial charge is 0.481 e.